The molecule has 37 heavy (non-hydrogen) atoms. The van der Waals surface area contributed by atoms with Crippen LogP contribution in [0.5, 0.6) is 5.75 Å². The fraction of sp³-hybridized carbons (Fsp3) is 0.200. The summed E-state index contributed by atoms with van der Waals surface area (Å²) in [5.74, 6) is 0.177. The molecule has 4 aromatic rings. The molecule has 3 aromatic carbocycles. The molecule has 4 rings (SSSR count). The fourth-order valence-electron chi connectivity index (χ4n) is 3.61. The van der Waals surface area contributed by atoms with E-state index in [0.717, 1.165) is 16.8 Å². The second kappa shape index (κ2) is 12.5. The summed E-state index contributed by atoms with van der Waals surface area (Å²) in [7, 11) is 0. The molecule has 0 atom stereocenters. The van der Waals surface area contributed by atoms with Crippen LogP contribution in [0.2, 0.25) is 0 Å². The summed E-state index contributed by atoms with van der Waals surface area (Å²) < 4.78 is 36.9. The highest BCUT2D eigenvalue weighted by molar-refractivity contribution is 5.91. The van der Waals surface area contributed by atoms with Crippen LogP contribution >= 0.6 is 0 Å². The molecule has 6 nitrogen and oxygen atoms in total. The minimum absolute atomic E-state index is 0.00206. The second-order valence-electron chi connectivity index (χ2n) is 8.18. The van der Waals surface area contributed by atoms with Crippen molar-refractivity contribution in [2.24, 2.45) is 0 Å². The average molecular weight is 502 g/mol. The number of carbonyl (C=O) groups is 1. The molecule has 0 amide bonds. The van der Waals surface area contributed by atoms with Crippen LogP contribution in [0.15, 0.2) is 89.0 Å². The van der Waals surface area contributed by atoms with Gasteiger partial charge in [0.2, 0.25) is 11.6 Å². The molecule has 0 fully saturated rings. The SMILES string of the molecule is CCOC(=Cc1ccc(OCCc2nc(-c3ccccc3)oc2C)c(F)c1)C(=O)OCc1ccccc1. The van der Waals surface area contributed by atoms with Gasteiger partial charge < -0.3 is 18.6 Å². The summed E-state index contributed by atoms with van der Waals surface area (Å²) in [4.78, 5) is 17.1. The number of rotatable bonds is 11. The molecule has 1 aromatic heterocycles. The minimum Gasteiger partial charge on any atom is -0.490 e. The van der Waals surface area contributed by atoms with Crippen molar-refractivity contribution >= 4 is 12.0 Å². The maximum Gasteiger partial charge on any atom is 0.373 e. The van der Waals surface area contributed by atoms with Crippen molar-refractivity contribution in [1.29, 1.82) is 0 Å². The number of oxazole rings is 1. The van der Waals surface area contributed by atoms with Gasteiger partial charge in [0.25, 0.3) is 0 Å². The third-order valence-electron chi connectivity index (χ3n) is 5.48. The summed E-state index contributed by atoms with van der Waals surface area (Å²) >= 11 is 0. The minimum atomic E-state index is -0.621. The summed E-state index contributed by atoms with van der Waals surface area (Å²) in [6.45, 7) is 4.21. The molecule has 0 unspecified atom stereocenters. The van der Waals surface area contributed by atoms with E-state index in [4.69, 9.17) is 18.6 Å². The number of halogens is 1. The van der Waals surface area contributed by atoms with Crippen LogP contribution in [-0.4, -0.2) is 24.2 Å². The first kappa shape index (κ1) is 25.7. The van der Waals surface area contributed by atoms with Gasteiger partial charge in [0.15, 0.2) is 11.6 Å². The smallest absolute Gasteiger partial charge is 0.373 e. The highest BCUT2D eigenvalue weighted by Crippen LogP contribution is 2.23. The first-order valence-electron chi connectivity index (χ1n) is 12.0. The van der Waals surface area contributed by atoms with Crippen molar-refractivity contribution in [2.45, 2.75) is 26.9 Å². The van der Waals surface area contributed by atoms with Gasteiger partial charge in [-0.1, -0.05) is 54.6 Å². The molecule has 7 heteroatoms. The number of esters is 1. The normalized spacial score (nSPS) is 11.3. The molecule has 0 bridgehead atoms. The third kappa shape index (κ3) is 7.07. The largest absolute Gasteiger partial charge is 0.490 e. The molecule has 0 aliphatic carbocycles. The summed E-state index contributed by atoms with van der Waals surface area (Å²) in [6.07, 6.45) is 1.92. The third-order valence-corrected chi connectivity index (χ3v) is 5.48. The van der Waals surface area contributed by atoms with Crippen LogP contribution in [0.25, 0.3) is 17.5 Å². The first-order valence-corrected chi connectivity index (χ1v) is 12.0. The van der Waals surface area contributed by atoms with Crippen LogP contribution in [-0.2, 0) is 27.3 Å². The summed E-state index contributed by atoms with van der Waals surface area (Å²) in [5.41, 5.74) is 2.96. The molecule has 0 saturated heterocycles. The number of hydrogen-bond acceptors (Lipinski definition) is 6. The highest BCUT2D eigenvalue weighted by atomic mass is 19.1. The van der Waals surface area contributed by atoms with Gasteiger partial charge in [0, 0.05) is 12.0 Å². The average Bonchev–Trinajstić information content (AvgIpc) is 3.29. The van der Waals surface area contributed by atoms with Crippen LogP contribution < -0.4 is 4.74 Å². The van der Waals surface area contributed by atoms with Crippen molar-refractivity contribution in [3.8, 4) is 17.2 Å². The molecular weight excluding hydrogens is 473 g/mol. The molecule has 1 heterocycles. The second-order valence-corrected chi connectivity index (χ2v) is 8.18. The van der Waals surface area contributed by atoms with Gasteiger partial charge in [0.05, 0.1) is 18.9 Å². The predicted molar refractivity (Wildman–Crippen MR) is 138 cm³/mol. The number of aromatic nitrogens is 1. The van der Waals surface area contributed by atoms with Crippen molar-refractivity contribution in [3.05, 3.63) is 113 Å². The highest BCUT2D eigenvalue weighted by Gasteiger charge is 2.15. The van der Waals surface area contributed by atoms with Crippen molar-refractivity contribution < 1.29 is 27.8 Å². The molecule has 0 spiro atoms. The van der Waals surface area contributed by atoms with Gasteiger partial charge in [-0.3, -0.25) is 0 Å². The number of benzene rings is 3. The van der Waals surface area contributed by atoms with E-state index in [-0.39, 0.29) is 31.3 Å². The Bertz CT molecular complexity index is 1350. The Morgan fingerprint density at radius 2 is 1.73 bits per heavy atom. The predicted octanol–water partition coefficient (Wildman–Crippen LogP) is 6.53. The Labute approximate surface area is 215 Å². The van der Waals surface area contributed by atoms with E-state index in [9.17, 15) is 9.18 Å². The Kier molecular flexibility index (Phi) is 8.70. The number of ether oxygens (including phenoxy) is 3. The van der Waals surface area contributed by atoms with Crippen LogP contribution in [0.4, 0.5) is 4.39 Å². The topological polar surface area (TPSA) is 70.8 Å². The maximum atomic E-state index is 14.7. The van der Waals surface area contributed by atoms with Crippen LogP contribution in [0.1, 0.15) is 29.5 Å². The zero-order chi connectivity index (χ0) is 26.0. The molecule has 0 aliphatic heterocycles. The lowest BCUT2D eigenvalue weighted by Gasteiger charge is -2.10. The lowest BCUT2D eigenvalue weighted by molar-refractivity contribution is -0.144. The Morgan fingerprint density at radius 1 is 1.00 bits per heavy atom. The van der Waals surface area contributed by atoms with E-state index in [0.29, 0.717) is 23.6 Å². The molecule has 0 aliphatic rings. The van der Waals surface area contributed by atoms with E-state index in [2.05, 4.69) is 4.98 Å². The Balaban J connectivity index is 1.36. The standard InChI is InChI=1S/C30H28FNO5/c1-3-34-28(30(33)36-20-22-10-6-4-7-11-22)19-23-14-15-27(25(31)18-23)35-17-16-26-21(2)37-29(32-26)24-12-8-5-9-13-24/h4-15,18-19H,3,16-17,20H2,1-2H3. The zero-order valence-electron chi connectivity index (χ0n) is 20.8. The van der Waals surface area contributed by atoms with E-state index >= 15 is 0 Å². The lowest BCUT2D eigenvalue weighted by Crippen LogP contribution is -2.11. The summed E-state index contributed by atoms with van der Waals surface area (Å²) in [6, 6.07) is 23.4. The van der Waals surface area contributed by atoms with E-state index in [1.807, 2.05) is 67.6 Å². The molecular formula is C30H28FNO5. The lowest BCUT2D eigenvalue weighted by atomic mass is 10.2. The van der Waals surface area contributed by atoms with Gasteiger partial charge in [-0.05, 0) is 55.3 Å². The Morgan fingerprint density at radius 3 is 2.43 bits per heavy atom. The fourth-order valence-corrected chi connectivity index (χ4v) is 3.61. The number of aryl methyl sites for hydroxylation is 1. The van der Waals surface area contributed by atoms with E-state index in [1.54, 1.807) is 13.0 Å². The van der Waals surface area contributed by atoms with Gasteiger partial charge >= 0.3 is 5.97 Å². The zero-order valence-corrected chi connectivity index (χ0v) is 20.8. The summed E-state index contributed by atoms with van der Waals surface area (Å²) in [5, 5.41) is 0. The van der Waals surface area contributed by atoms with E-state index in [1.165, 1.54) is 18.2 Å². The van der Waals surface area contributed by atoms with Gasteiger partial charge in [-0.15, -0.1) is 0 Å². The number of hydrogen-bond donors (Lipinski definition) is 0. The van der Waals surface area contributed by atoms with E-state index < -0.39 is 11.8 Å². The van der Waals surface area contributed by atoms with Gasteiger partial charge in [-0.2, -0.15) is 0 Å². The quantitative estimate of drug-likeness (QED) is 0.132. The van der Waals surface area contributed by atoms with Crippen molar-refractivity contribution in [3.63, 3.8) is 0 Å². The van der Waals surface area contributed by atoms with Gasteiger partial charge in [-0.25, -0.2) is 14.2 Å². The number of carbonyl (C=O) groups excluding carboxylic acids is 1. The van der Waals surface area contributed by atoms with Crippen molar-refractivity contribution in [2.75, 3.05) is 13.2 Å². The molecule has 190 valence electrons. The van der Waals surface area contributed by atoms with Gasteiger partial charge in [0.1, 0.15) is 12.4 Å². The molecule has 0 radical (unpaired) electrons. The van der Waals surface area contributed by atoms with Crippen LogP contribution in [0.3, 0.4) is 0 Å². The van der Waals surface area contributed by atoms with Crippen molar-refractivity contribution in [1.82, 2.24) is 4.98 Å². The number of nitrogens with zero attached hydrogens (tertiary/aromatic N) is 1. The maximum absolute atomic E-state index is 14.7. The Hall–Kier alpha value is -4.39. The molecule has 0 saturated carbocycles. The van der Waals surface area contributed by atoms with Crippen LogP contribution in [0, 0.1) is 12.7 Å². The first-order chi connectivity index (χ1) is 18.0. The molecule has 0 N–H and O–H groups in total. The monoisotopic (exact) mass is 501 g/mol.